The van der Waals surface area contributed by atoms with Crippen molar-refractivity contribution in [3.8, 4) is 5.75 Å². The summed E-state index contributed by atoms with van der Waals surface area (Å²) in [5, 5.41) is 3.85. The van der Waals surface area contributed by atoms with E-state index in [0.717, 1.165) is 5.56 Å². The molecule has 2 rings (SSSR count). The summed E-state index contributed by atoms with van der Waals surface area (Å²) < 4.78 is 5.94. The molecule has 0 radical (unpaired) electrons. The van der Waals surface area contributed by atoms with Crippen LogP contribution in [0.3, 0.4) is 0 Å². The fourth-order valence-corrected chi connectivity index (χ4v) is 3.77. The summed E-state index contributed by atoms with van der Waals surface area (Å²) in [6, 6.07) is 12.1. The van der Waals surface area contributed by atoms with Crippen LogP contribution in [0.5, 0.6) is 5.75 Å². The molecule has 2 amide bonds. The van der Waals surface area contributed by atoms with E-state index in [2.05, 4.69) is 26.1 Å². The number of nitrogens with zero attached hydrogens (tertiary/aromatic N) is 1. The summed E-state index contributed by atoms with van der Waals surface area (Å²) in [6.45, 7) is 12.5. The van der Waals surface area contributed by atoms with Gasteiger partial charge in [0.1, 0.15) is 11.8 Å². The summed E-state index contributed by atoms with van der Waals surface area (Å²) in [4.78, 5) is 27.6. The Morgan fingerprint density at radius 2 is 1.73 bits per heavy atom. The number of para-hydroxylation sites is 1. The van der Waals surface area contributed by atoms with Gasteiger partial charge in [0, 0.05) is 23.1 Å². The van der Waals surface area contributed by atoms with Crippen molar-refractivity contribution in [2.75, 3.05) is 13.2 Å². The molecule has 180 valence electrons. The molecule has 0 aliphatic heterocycles. The molecule has 0 spiro atoms. The van der Waals surface area contributed by atoms with Crippen molar-refractivity contribution in [1.82, 2.24) is 10.2 Å². The second-order valence-corrected chi connectivity index (χ2v) is 10.5. The maximum atomic E-state index is 13.3. The number of nitrogens with one attached hydrogen (secondary N) is 1. The zero-order valence-corrected chi connectivity index (χ0v) is 21.8. The van der Waals surface area contributed by atoms with Gasteiger partial charge in [0.05, 0.1) is 0 Å². The van der Waals surface area contributed by atoms with Crippen LogP contribution >= 0.6 is 23.2 Å². The van der Waals surface area contributed by atoms with Crippen LogP contribution < -0.4 is 10.1 Å². The highest BCUT2D eigenvalue weighted by Gasteiger charge is 2.28. The van der Waals surface area contributed by atoms with Crippen molar-refractivity contribution in [2.24, 2.45) is 5.92 Å². The molecule has 5 nitrogen and oxygen atoms in total. The lowest BCUT2D eigenvalue weighted by molar-refractivity contribution is -0.142. The lowest BCUT2D eigenvalue weighted by Crippen LogP contribution is -2.49. The predicted molar refractivity (Wildman–Crippen MR) is 135 cm³/mol. The first-order chi connectivity index (χ1) is 15.4. The number of carbonyl (C=O) groups excluding carboxylic acids is 2. The first-order valence-corrected chi connectivity index (χ1v) is 11.9. The molecule has 1 atom stereocenters. The summed E-state index contributed by atoms with van der Waals surface area (Å²) in [7, 11) is 0. The number of hydrogen-bond donors (Lipinski definition) is 1. The normalized spacial score (nSPS) is 12.4. The second-order valence-electron chi connectivity index (χ2n) is 9.61. The minimum Gasteiger partial charge on any atom is -0.483 e. The molecule has 0 fully saturated rings. The molecule has 33 heavy (non-hydrogen) atoms. The van der Waals surface area contributed by atoms with E-state index in [1.54, 1.807) is 25.1 Å². The Hall–Kier alpha value is -2.24. The third-order valence-corrected chi connectivity index (χ3v) is 5.84. The van der Waals surface area contributed by atoms with Gasteiger partial charge in [0.15, 0.2) is 6.61 Å². The Morgan fingerprint density at radius 1 is 1.06 bits per heavy atom. The molecule has 0 saturated heterocycles. The molecule has 0 saturated carbocycles. The quantitative estimate of drug-likeness (QED) is 0.476. The third kappa shape index (κ3) is 7.94. The molecule has 2 aromatic carbocycles. The highest BCUT2D eigenvalue weighted by molar-refractivity contribution is 6.35. The summed E-state index contributed by atoms with van der Waals surface area (Å²) in [5.41, 5.74) is 1.57. The standard InChI is InChI=1S/C26H34Cl2N2O3/c1-17(2)14-29-25(32)18(3)30(15-19-11-12-20(27)13-22(19)28)24(31)16-33-23-10-8-7-9-21(23)26(4,5)6/h7-13,17-18H,14-16H2,1-6H3,(H,29,32)/t18-/m0/s1. The van der Waals surface area contributed by atoms with Gasteiger partial charge in [-0.2, -0.15) is 0 Å². The number of carbonyl (C=O) groups is 2. The van der Waals surface area contributed by atoms with Crippen LogP contribution in [0.15, 0.2) is 42.5 Å². The van der Waals surface area contributed by atoms with Gasteiger partial charge >= 0.3 is 0 Å². The predicted octanol–water partition coefficient (Wildman–Crippen LogP) is 5.86. The van der Waals surface area contributed by atoms with Gasteiger partial charge < -0.3 is 15.0 Å². The maximum absolute atomic E-state index is 13.3. The molecule has 1 N–H and O–H groups in total. The van der Waals surface area contributed by atoms with E-state index in [4.69, 9.17) is 27.9 Å². The van der Waals surface area contributed by atoms with Crippen LogP contribution in [0.4, 0.5) is 0 Å². The molecule has 0 aliphatic rings. The van der Waals surface area contributed by atoms with Gasteiger partial charge in [-0.1, -0.05) is 82.1 Å². The number of benzene rings is 2. The SMILES string of the molecule is CC(C)CNC(=O)[C@H](C)N(Cc1ccc(Cl)cc1Cl)C(=O)COc1ccccc1C(C)(C)C. The van der Waals surface area contributed by atoms with Gasteiger partial charge in [0.2, 0.25) is 5.91 Å². The lowest BCUT2D eigenvalue weighted by Gasteiger charge is -2.30. The second kappa shape index (κ2) is 11.8. The van der Waals surface area contributed by atoms with Crippen LogP contribution in [-0.4, -0.2) is 35.9 Å². The molecular formula is C26H34Cl2N2O3. The van der Waals surface area contributed by atoms with Crippen molar-refractivity contribution in [1.29, 1.82) is 0 Å². The Bertz CT molecular complexity index is 970. The molecule has 0 heterocycles. The summed E-state index contributed by atoms with van der Waals surface area (Å²) in [5.74, 6) is 0.419. The van der Waals surface area contributed by atoms with E-state index in [0.29, 0.717) is 33.8 Å². The maximum Gasteiger partial charge on any atom is 0.261 e. The Kier molecular flexibility index (Phi) is 9.62. The number of amides is 2. The summed E-state index contributed by atoms with van der Waals surface area (Å²) >= 11 is 12.4. The first-order valence-electron chi connectivity index (χ1n) is 11.1. The number of hydrogen-bond acceptors (Lipinski definition) is 3. The van der Waals surface area contributed by atoms with Gasteiger partial charge in [-0.25, -0.2) is 0 Å². The average molecular weight is 493 g/mol. The smallest absolute Gasteiger partial charge is 0.261 e. The summed E-state index contributed by atoms with van der Waals surface area (Å²) in [6.07, 6.45) is 0. The monoisotopic (exact) mass is 492 g/mol. The van der Waals surface area contributed by atoms with Gasteiger partial charge in [0.25, 0.3) is 5.91 Å². The van der Waals surface area contributed by atoms with E-state index >= 15 is 0 Å². The Morgan fingerprint density at radius 3 is 2.33 bits per heavy atom. The zero-order valence-electron chi connectivity index (χ0n) is 20.2. The van der Waals surface area contributed by atoms with Crippen molar-refractivity contribution in [3.05, 3.63) is 63.6 Å². The zero-order chi connectivity index (χ0) is 24.8. The fraction of sp³-hybridized carbons (Fsp3) is 0.462. The van der Waals surface area contributed by atoms with E-state index in [9.17, 15) is 9.59 Å². The van der Waals surface area contributed by atoms with Gasteiger partial charge in [-0.15, -0.1) is 0 Å². The first kappa shape index (κ1) is 27.0. The molecule has 0 bridgehead atoms. The number of halogens is 2. The average Bonchev–Trinajstić information content (AvgIpc) is 2.74. The van der Waals surface area contributed by atoms with Crippen LogP contribution in [0.1, 0.15) is 52.7 Å². The molecule has 0 aliphatic carbocycles. The minimum absolute atomic E-state index is 0.139. The van der Waals surface area contributed by atoms with Crippen molar-refractivity contribution >= 4 is 35.0 Å². The fourth-order valence-electron chi connectivity index (χ4n) is 3.30. The number of rotatable bonds is 9. The van der Waals surface area contributed by atoms with E-state index < -0.39 is 6.04 Å². The Balaban J connectivity index is 2.25. The van der Waals surface area contributed by atoms with Crippen LogP contribution in [0.25, 0.3) is 0 Å². The largest absolute Gasteiger partial charge is 0.483 e. The Labute approximate surface area is 207 Å². The van der Waals surface area contributed by atoms with E-state index in [1.165, 1.54) is 4.90 Å². The third-order valence-electron chi connectivity index (χ3n) is 5.25. The van der Waals surface area contributed by atoms with Crippen LogP contribution in [-0.2, 0) is 21.5 Å². The van der Waals surface area contributed by atoms with Gasteiger partial charge in [-0.05, 0) is 47.6 Å². The highest BCUT2D eigenvalue weighted by Crippen LogP contribution is 2.31. The molecule has 0 aromatic heterocycles. The van der Waals surface area contributed by atoms with Crippen LogP contribution in [0.2, 0.25) is 10.0 Å². The number of ether oxygens (including phenoxy) is 1. The van der Waals surface area contributed by atoms with E-state index in [1.807, 2.05) is 38.1 Å². The van der Waals surface area contributed by atoms with E-state index in [-0.39, 0.29) is 30.4 Å². The molecule has 0 unspecified atom stereocenters. The highest BCUT2D eigenvalue weighted by atomic mass is 35.5. The molecular weight excluding hydrogens is 459 g/mol. The van der Waals surface area contributed by atoms with Crippen LogP contribution in [0, 0.1) is 5.92 Å². The molecule has 7 heteroatoms. The molecule has 2 aromatic rings. The lowest BCUT2D eigenvalue weighted by atomic mass is 9.86. The topological polar surface area (TPSA) is 58.6 Å². The van der Waals surface area contributed by atoms with Crippen molar-refractivity contribution in [3.63, 3.8) is 0 Å². The van der Waals surface area contributed by atoms with Gasteiger partial charge in [-0.3, -0.25) is 9.59 Å². The minimum atomic E-state index is -0.704. The van der Waals surface area contributed by atoms with Crippen molar-refractivity contribution in [2.45, 2.75) is 59.5 Å². The van der Waals surface area contributed by atoms with Crippen molar-refractivity contribution < 1.29 is 14.3 Å².